The van der Waals surface area contributed by atoms with E-state index in [-0.39, 0.29) is 24.0 Å². The van der Waals surface area contributed by atoms with Gasteiger partial charge in [0, 0.05) is 22.1 Å². The number of non-ortho nitro benzene ring substituents is 1. The molecule has 1 N–H and O–H groups in total. The van der Waals surface area contributed by atoms with E-state index in [1.54, 1.807) is 36.4 Å². The summed E-state index contributed by atoms with van der Waals surface area (Å²) < 4.78 is 11.9. The fourth-order valence-corrected chi connectivity index (χ4v) is 4.15. The van der Waals surface area contributed by atoms with Gasteiger partial charge in [-0.15, -0.1) is 11.8 Å². The number of nitro benzene ring substituents is 1. The Morgan fingerprint density at radius 2 is 2.00 bits per heavy atom. The summed E-state index contributed by atoms with van der Waals surface area (Å²) in [6.45, 7) is 0.116. The molecule has 0 aliphatic carbocycles. The van der Waals surface area contributed by atoms with Crippen LogP contribution in [-0.4, -0.2) is 29.9 Å². The monoisotopic (exact) mass is 563 g/mol. The molecular formula is C23H19BrClN3O5S. The molecule has 3 aromatic carbocycles. The van der Waals surface area contributed by atoms with Gasteiger partial charge in [0.15, 0.2) is 11.5 Å². The Labute approximate surface area is 213 Å². The van der Waals surface area contributed by atoms with Crippen LogP contribution in [0.4, 0.5) is 5.69 Å². The first-order chi connectivity index (χ1) is 16.4. The third-order valence-electron chi connectivity index (χ3n) is 4.34. The molecule has 0 aliphatic rings. The second-order valence-corrected chi connectivity index (χ2v) is 9.13. The first-order valence-electron chi connectivity index (χ1n) is 9.79. The second-order valence-electron chi connectivity index (χ2n) is 6.79. The van der Waals surface area contributed by atoms with Crippen LogP contribution in [0.15, 0.2) is 75.1 Å². The number of thioether (sulfide) groups is 1. The van der Waals surface area contributed by atoms with Crippen molar-refractivity contribution in [3.8, 4) is 11.5 Å². The van der Waals surface area contributed by atoms with E-state index in [0.29, 0.717) is 32.1 Å². The summed E-state index contributed by atoms with van der Waals surface area (Å²) in [6, 6.07) is 16.9. The molecule has 11 heteroatoms. The summed E-state index contributed by atoms with van der Waals surface area (Å²) >= 11 is 10.7. The third kappa shape index (κ3) is 7.47. The molecule has 0 radical (unpaired) electrons. The average Bonchev–Trinajstić information content (AvgIpc) is 2.83. The number of nitro groups is 1. The van der Waals surface area contributed by atoms with Crippen LogP contribution in [0.1, 0.15) is 11.1 Å². The minimum absolute atomic E-state index is 0.00713. The second kappa shape index (κ2) is 12.4. The maximum absolute atomic E-state index is 12.0. The highest BCUT2D eigenvalue weighted by atomic mass is 79.9. The molecule has 0 atom stereocenters. The zero-order chi connectivity index (χ0) is 24.5. The minimum atomic E-state index is -0.455. The molecule has 8 nitrogen and oxygen atoms in total. The molecule has 34 heavy (non-hydrogen) atoms. The Kier molecular flexibility index (Phi) is 9.32. The van der Waals surface area contributed by atoms with Gasteiger partial charge in [-0.05, 0) is 63.5 Å². The molecule has 0 spiro atoms. The molecule has 0 aliphatic heterocycles. The van der Waals surface area contributed by atoms with Gasteiger partial charge in [0.25, 0.3) is 5.69 Å². The van der Waals surface area contributed by atoms with Crippen molar-refractivity contribution in [1.82, 2.24) is 5.43 Å². The molecule has 3 aromatic rings. The van der Waals surface area contributed by atoms with E-state index in [4.69, 9.17) is 21.1 Å². The number of amides is 1. The number of methoxy groups -OCH3 is 1. The molecule has 0 saturated carbocycles. The summed E-state index contributed by atoms with van der Waals surface area (Å²) in [5.41, 5.74) is 3.79. The number of nitrogens with one attached hydrogen (secondary N) is 1. The topological polar surface area (TPSA) is 103 Å². The number of nitrogens with zero attached hydrogens (tertiary/aromatic N) is 2. The molecule has 1 amide bonds. The van der Waals surface area contributed by atoms with Gasteiger partial charge in [-0.2, -0.15) is 5.10 Å². The van der Waals surface area contributed by atoms with Crippen LogP contribution >= 0.6 is 39.3 Å². The smallest absolute Gasteiger partial charge is 0.269 e. The van der Waals surface area contributed by atoms with Crippen LogP contribution in [0.25, 0.3) is 0 Å². The lowest BCUT2D eigenvalue weighted by atomic mass is 10.2. The molecule has 0 saturated heterocycles. The van der Waals surface area contributed by atoms with E-state index in [9.17, 15) is 14.9 Å². The van der Waals surface area contributed by atoms with Crippen LogP contribution in [0.3, 0.4) is 0 Å². The molecule has 0 aromatic heterocycles. The Hall–Kier alpha value is -3.08. The SMILES string of the molecule is COc1cc(/C=N\NC(=O)CSc2ccc(Cl)cc2)cc(Br)c1OCc1cccc([N+](=O)[O-])c1. The first-order valence-corrected chi connectivity index (χ1v) is 12.0. The van der Waals surface area contributed by atoms with Gasteiger partial charge in [0.2, 0.25) is 5.91 Å². The Morgan fingerprint density at radius 1 is 1.24 bits per heavy atom. The van der Waals surface area contributed by atoms with Crippen molar-refractivity contribution >= 4 is 57.1 Å². The molecule has 176 valence electrons. The van der Waals surface area contributed by atoms with Gasteiger partial charge in [-0.1, -0.05) is 23.7 Å². The van der Waals surface area contributed by atoms with Gasteiger partial charge in [0.1, 0.15) is 6.61 Å². The maximum atomic E-state index is 12.0. The van der Waals surface area contributed by atoms with Crippen molar-refractivity contribution in [2.24, 2.45) is 5.10 Å². The zero-order valence-corrected chi connectivity index (χ0v) is 21.0. The van der Waals surface area contributed by atoms with Crippen LogP contribution < -0.4 is 14.9 Å². The Bertz CT molecular complexity index is 1210. The lowest BCUT2D eigenvalue weighted by molar-refractivity contribution is -0.384. The number of hydrogen-bond acceptors (Lipinski definition) is 7. The largest absolute Gasteiger partial charge is 0.493 e. The molecular weight excluding hydrogens is 546 g/mol. The van der Waals surface area contributed by atoms with Crippen molar-refractivity contribution in [3.63, 3.8) is 0 Å². The molecule has 0 fully saturated rings. The Morgan fingerprint density at radius 3 is 2.71 bits per heavy atom. The van der Waals surface area contributed by atoms with Crippen molar-refractivity contribution in [3.05, 3.63) is 91.4 Å². The predicted molar refractivity (Wildman–Crippen MR) is 136 cm³/mol. The highest BCUT2D eigenvalue weighted by Crippen LogP contribution is 2.37. The fraction of sp³-hybridized carbons (Fsp3) is 0.130. The first kappa shape index (κ1) is 25.5. The summed E-state index contributed by atoms with van der Waals surface area (Å²) in [7, 11) is 1.50. The van der Waals surface area contributed by atoms with Crippen LogP contribution in [0.2, 0.25) is 5.02 Å². The van der Waals surface area contributed by atoms with E-state index in [1.165, 1.54) is 37.2 Å². The quantitative estimate of drug-likeness (QED) is 0.144. The van der Waals surface area contributed by atoms with Crippen molar-refractivity contribution in [1.29, 1.82) is 0 Å². The number of halogens is 2. The normalized spacial score (nSPS) is 10.8. The van der Waals surface area contributed by atoms with Crippen molar-refractivity contribution < 1.29 is 19.2 Å². The van der Waals surface area contributed by atoms with Gasteiger partial charge in [0.05, 0.1) is 28.5 Å². The van der Waals surface area contributed by atoms with Crippen LogP contribution in [-0.2, 0) is 11.4 Å². The molecule has 0 heterocycles. The number of carbonyl (C=O) groups is 1. The molecule has 0 unspecified atom stereocenters. The zero-order valence-electron chi connectivity index (χ0n) is 17.9. The van der Waals surface area contributed by atoms with E-state index in [2.05, 4.69) is 26.5 Å². The predicted octanol–water partition coefficient (Wildman–Crippen LogP) is 5.84. The third-order valence-corrected chi connectivity index (χ3v) is 6.20. The summed E-state index contributed by atoms with van der Waals surface area (Å²) in [6.07, 6.45) is 1.49. The fourth-order valence-electron chi connectivity index (χ4n) is 2.76. The molecule has 0 bridgehead atoms. The summed E-state index contributed by atoms with van der Waals surface area (Å²) in [5.74, 6) is 0.829. The van der Waals surface area contributed by atoms with Gasteiger partial charge < -0.3 is 9.47 Å². The lowest BCUT2D eigenvalue weighted by Gasteiger charge is -2.13. The average molecular weight is 565 g/mol. The van der Waals surface area contributed by atoms with Crippen LogP contribution in [0.5, 0.6) is 11.5 Å². The standard InChI is InChI=1S/C23H19BrClN3O5S/c1-32-21-11-16(12-26-27-22(29)14-34-19-7-5-17(25)6-8-19)10-20(24)23(21)33-13-15-3-2-4-18(9-15)28(30)31/h2-12H,13-14H2,1H3,(H,27,29)/b26-12-. The van der Waals surface area contributed by atoms with E-state index in [0.717, 1.165) is 4.90 Å². The van der Waals surface area contributed by atoms with E-state index >= 15 is 0 Å². The van der Waals surface area contributed by atoms with Crippen molar-refractivity contribution in [2.75, 3.05) is 12.9 Å². The van der Waals surface area contributed by atoms with Gasteiger partial charge in [-0.3, -0.25) is 14.9 Å². The summed E-state index contributed by atoms with van der Waals surface area (Å²) in [5, 5.41) is 15.6. The van der Waals surface area contributed by atoms with Gasteiger partial charge in [-0.25, -0.2) is 5.43 Å². The number of rotatable bonds is 10. The minimum Gasteiger partial charge on any atom is -0.493 e. The number of hydrogen-bond donors (Lipinski definition) is 1. The lowest BCUT2D eigenvalue weighted by Crippen LogP contribution is -2.19. The Balaban J connectivity index is 1.59. The number of hydrazone groups is 1. The summed E-state index contributed by atoms with van der Waals surface area (Å²) in [4.78, 5) is 23.5. The maximum Gasteiger partial charge on any atom is 0.269 e. The number of ether oxygens (including phenoxy) is 2. The van der Waals surface area contributed by atoms with E-state index in [1.807, 2.05) is 12.1 Å². The van der Waals surface area contributed by atoms with Crippen molar-refractivity contribution in [2.45, 2.75) is 11.5 Å². The van der Waals surface area contributed by atoms with Crippen LogP contribution in [0, 0.1) is 10.1 Å². The highest BCUT2D eigenvalue weighted by molar-refractivity contribution is 9.10. The van der Waals surface area contributed by atoms with E-state index < -0.39 is 4.92 Å². The van der Waals surface area contributed by atoms with Gasteiger partial charge >= 0.3 is 0 Å². The number of carbonyl (C=O) groups excluding carboxylic acids is 1. The molecule has 3 rings (SSSR count). The highest BCUT2D eigenvalue weighted by Gasteiger charge is 2.13. The number of benzene rings is 3.